The largest absolute Gasteiger partial charge is 0.303 e. The van der Waals surface area contributed by atoms with Crippen molar-refractivity contribution in [1.29, 1.82) is 0 Å². The van der Waals surface area contributed by atoms with Crippen LogP contribution in [0.2, 0.25) is 0 Å². The summed E-state index contributed by atoms with van der Waals surface area (Å²) in [4.78, 5) is 10.2. The summed E-state index contributed by atoms with van der Waals surface area (Å²) in [5.74, 6) is 0. The van der Waals surface area contributed by atoms with E-state index in [2.05, 4.69) is 48.5 Å². The van der Waals surface area contributed by atoms with Crippen LogP contribution >= 0.6 is 0 Å². The third-order valence-corrected chi connectivity index (χ3v) is 2.77. The molecule has 0 N–H and O–H groups in total. The molecule has 2 aromatic rings. The van der Waals surface area contributed by atoms with Gasteiger partial charge in [-0.1, -0.05) is 66.7 Å². The first-order chi connectivity index (χ1) is 8.88. The molecule has 0 heterocycles. The molecule has 0 spiro atoms. The maximum Gasteiger partial charge on any atom is 0.123 e. The predicted molar refractivity (Wildman–Crippen MR) is 75.4 cm³/mol. The number of allylic oxidation sites excluding steroid dienone is 1. The molecule has 0 fully saturated rings. The Morgan fingerprint density at radius 1 is 0.833 bits per heavy atom. The lowest BCUT2D eigenvalue weighted by molar-refractivity contribution is -0.107. The van der Waals surface area contributed by atoms with E-state index >= 15 is 0 Å². The van der Waals surface area contributed by atoms with Crippen LogP contribution in [0.4, 0.5) is 0 Å². The second-order valence-corrected chi connectivity index (χ2v) is 4.21. The van der Waals surface area contributed by atoms with Crippen LogP contribution in [-0.2, 0) is 11.2 Å². The molecule has 1 nitrogen and oxygen atoms in total. The van der Waals surface area contributed by atoms with E-state index in [-0.39, 0.29) is 0 Å². The van der Waals surface area contributed by atoms with Crippen molar-refractivity contribution in [3.63, 3.8) is 0 Å². The number of carbonyl (C=O) groups excluding carboxylic acids is 1. The van der Waals surface area contributed by atoms with Gasteiger partial charge >= 0.3 is 0 Å². The Labute approximate surface area is 108 Å². The zero-order valence-electron chi connectivity index (χ0n) is 10.3. The van der Waals surface area contributed by atoms with E-state index in [4.69, 9.17) is 0 Å². The molecule has 0 amide bonds. The second-order valence-electron chi connectivity index (χ2n) is 4.21. The zero-order valence-corrected chi connectivity index (χ0v) is 10.3. The summed E-state index contributed by atoms with van der Waals surface area (Å²) >= 11 is 0. The van der Waals surface area contributed by atoms with E-state index in [0.717, 1.165) is 18.3 Å². The topological polar surface area (TPSA) is 17.1 Å². The molecule has 0 unspecified atom stereocenters. The molecule has 0 saturated heterocycles. The Hall–Kier alpha value is -2.15. The van der Waals surface area contributed by atoms with E-state index in [1.807, 2.05) is 18.2 Å². The Morgan fingerprint density at radius 2 is 1.50 bits per heavy atom. The Bertz CT molecular complexity index is 509. The van der Waals surface area contributed by atoms with Crippen LogP contribution in [0.1, 0.15) is 23.1 Å². The molecule has 0 aromatic heterocycles. The van der Waals surface area contributed by atoms with Crippen LogP contribution < -0.4 is 0 Å². The van der Waals surface area contributed by atoms with Crippen molar-refractivity contribution in [3.8, 4) is 0 Å². The van der Waals surface area contributed by atoms with Crippen LogP contribution in [-0.4, -0.2) is 6.29 Å². The van der Waals surface area contributed by atoms with Crippen LogP contribution in [0.25, 0.3) is 6.08 Å². The van der Waals surface area contributed by atoms with Gasteiger partial charge in [-0.15, -0.1) is 0 Å². The minimum absolute atomic E-state index is 0.478. The summed E-state index contributed by atoms with van der Waals surface area (Å²) in [5, 5.41) is 0. The van der Waals surface area contributed by atoms with Gasteiger partial charge in [0.05, 0.1) is 0 Å². The van der Waals surface area contributed by atoms with Crippen molar-refractivity contribution in [2.45, 2.75) is 12.8 Å². The van der Waals surface area contributed by atoms with Gasteiger partial charge < -0.3 is 4.79 Å². The zero-order chi connectivity index (χ0) is 12.6. The quantitative estimate of drug-likeness (QED) is 0.720. The molecule has 0 saturated carbocycles. The lowest BCUT2D eigenvalue weighted by Gasteiger charge is -2.02. The molecular formula is C17H16O. The van der Waals surface area contributed by atoms with Crippen molar-refractivity contribution >= 4 is 12.4 Å². The van der Waals surface area contributed by atoms with E-state index in [9.17, 15) is 4.79 Å². The maximum atomic E-state index is 10.2. The highest BCUT2D eigenvalue weighted by molar-refractivity contribution is 5.58. The average molecular weight is 236 g/mol. The van der Waals surface area contributed by atoms with Crippen LogP contribution in [0.5, 0.6) is 0 Å². The van der Waals surface area contributed by atoms with Crippen molar-refractivity contribution in [2.24, 2.45) is 0 Å². The fourth-order valence-corrected chi connectivity index (χ4v) is 1.84. The number of hydrogen-bond acceptors (Lipinski definition) is 1. The monoisotopic (exact) mass is 236 g/mol. The SMILES string of the molecule is O=CCC=Cc1ccc(Cc2ccccc2)cc1. The number of rotatable bonds is 5. The molecule has 0 bridgehead atoms. The molecule has 0 radical (unpaired) electrons. The Balaban J connectivity index is 2.02. The third kappa shape index (κ3) is 3.70. The van der Waals surface area contributed by atoms with Gasteiger partial charge in [0.25, 0.3) is 0 Å². The molecule has 0 aliphatic rings. The normalized spacial score (nSPS) is 10.7. The molecule has 18 heavy (non-hydrogen) atoms. The van der Waals surface area contributed by atoms with Crippen molar-refractivity contribution < 1.29 is 4.79 Å². The maximum absolute atomic E-state index is 10.2. The number of carbonyl (C=O) groups is 1. The van der Waals surface area contributed by atoms with Gasteiger partial charge in [-0.25, -0.2) is 0 Å². The molecule has 0 aliphatic heterocycles. The molecule has 0 atom stereocenters. The number of aldehydes is 1. The van der Waals surface area contributed by atoms with Gasteiger partial charge in [0.2, 0.25) is 0 Å². The third-order valence-electron chi connectivity index (χ3n) is 2.77. The van der Waals surface area contributed by atoms with Gasteiger partial charge in [-0.2, -0.15) is 0 Å². The van der Waals surface area contributed by atoms with Crippen molar-refractivity contribution in [2.75, 3.05) is 0 Å². The molecule has 0 aliphatic carbocycles. The minimum atomic E-state index is 0.478. The van der Waals surface area contributed by atoms with Crippen molar-refractivity contribution in [3.05, 3.63) is 77.4 Å². The minimum Gasteiger partial charge on any atom is -0.303 e. The van der Waals surface area contributed by atoms with Crippen LogP contribution in [0.3, 0.4) is 0 Å². The Morgan fingerprint density at radius 3 is 2.17 bits per heavy atom. The van der Waals surface area contributed by atoms with Crippen LogP contribution in [0.15, 0.2) is 60.7 Å². The summed E-state index contributed by atoms with van der Waals surface area (Å²) in [6.45, 7) is 0. The summed E-state index contributed by atoms with van der Waals surface area (Å²) in [6.07, 6.45) is 6.19. The van der Waals surface area contributed by atoms with Gasteiger partial charge in [-0.05, 0) is 23.1 Å². The van der Waals surface area contributed by atoms with E-state index < -0.39 is 0 Å². The van der Waals surface area contributed by atoms with Gasteiger partial charge in [0.15, 0.2) is 0 Å². The molecule has 2 rings (SSSR count). The Kier molecular flexibility index (Phi) is 4.48. The molecule has 1 heteroatoms. The predicted octanol–water partition coefficient (Wildman–Crippen LogP) is 3.88. The lowest BCUT2D eigenvalue weighted by Crippen LogP contribution is -1.87. The van der Waals surface area contributed by atoms with E-state index in [1.165, 1.54) is 11.1 Å². The fourth-order valence-electron chi connectivity index (χ4n) is 1.84. The second kappa shape index (κ2) is 6.55. The van der Waals surface area contributed by atoms with E-state index in [0.29, 0.717) is 6.42 Å². The number of hydrogen-bond donors (Lipinski definition) is 0. The highest BCUT2D eigenvalue weighted by Gasteiger charge is 1.95. The average Bonchev–Trinajstić information content (AvgIpc) is 2.42. The highest BCUT2D eigenvalue weighted by Crippen LogP contribution is 2.11. The summed E-state index contributed by atoms with van der Waals surface area (Å²) < 4.78 is 0. The number of benzene rings is 2. The van der Waals surface area contributed by atoms with Gasteiger partial charge in [-0.3, -0.25) is 0 Å². The summed E-state index contributed by atoms with van der Waals surface area (Å²) in [5.41, 5.74) is 3.75. The summed E-state index contributed by atoms with van der Waals surface area (Å²) in [7, 11) is 0. The highest BCUT2D eigenvalue weighted by atomic mass is 16.1. The van der Waals surface area contributed by atoms with Crippen molar-refractivity contribution in [1.82, 2.24) is 0 Å². The van der Waals surface area contributed by atoms with Crippen LogP contribution in [0, 0.1) is 0 Å². The fraction of sp³-hybridized carbons (Fsp3) is 0.118. The standard InChI is InChI=1S/C17H16O/c18-13-5-4-6-15-9-11-17(12-10-15)14-16-7-2-1-3-8-16/h1-4,6-13H,5,14H2. The van der Waals surface area contributed by atoms with Gasteiger partial charge in [0.1, 0.15) is 6.29 Å². The first-order valence-corrected chi connectivity index (χ1v) is 6.11. The molecule has 2 aromatic carbocycles. The first kappa shape index (κ1) is 12.3. The first-order valence-electron chi connectivity index (χ1n) is 6.11. The molecule has 90 valence electrons. The summed E-state index contributed by atoms with van der Waals surface area (Å²) in [6, 6.07) is 18.9. The van der Waals surface area contributed by atoms with Gasteiger partial charge in [0, 0.05) is 6.42 Å². The molecular weight excluding hydrogens is 220 g/mol. The lowest BCUT2D eigenvalue weighted by atomic mass is 10.0. The van der Waals surface area contributed by atoms with E-state index in [1.54, 1.807) is 0 Å². The smallest absolute Gasteiger partial charge is 0.123 e.